The summed E-state index contributed by atoms with van der Waals surface area (Å²) in [5, 5.41) is 10.8. The van der Waals surface area contributed by atoms with Crippen molar-refractivity contribution in [1.29, 1.82) is 0 Å². The number of non-ortho nitro benzene ring substituents is 1. The molecule has 0 radical (unpaired) electrons. The lowest BCUT2D eigenvalue weighted by molar-refractivity contribution is -0.384. The molecule has 0 bridgehead atoms. The lowest BCUT2D eigenvalue weighted by Gasteiger charge is -2.34. The number of nitro benzene ring substituents is 1. The second-order valence-corrected chi connectivity index (χ2v) is 8.53. The summed E-state index contributed by atoms with van der Waals surface area (Å²) in [7, 11) is -0.807. The van der Waals surface area contributed by atoms with Gasteiger partial charge in [0.1, 0.15) is 16.4 Å². The number of piperazine rings is 1. The van der Waals surface area contributed by atoms with Gasteiger partial charge in [-0.25, -0.2) is 8.42 Å². The first-order valence-corrected chi connectivity index (χ1v) is 10.5. The molecule has 1 heterocycles. The Hall–Kier alpha value is -2.69. The number of rotatable bonds is 7. The van der Waals surface area contributed by atoms with Crippen LogP contribution in [-0.2, 0) is 16.6 Å². The Morgan fingerprint density at radius 2 is 1.66 bits per heavy atom. The van der Waals surface area contributed by atoms with Crippen molar-refractivity contribution in [1.82, 2.24) is 9.21 Å². The lowest BCUT2D eigenvalue weighted by Crippen LogP contribution is -2.48. The van der Waals surface area contributed by atoms with E-state index in [1.807, 2.05) is 0 Å². The number of nitro groups is 1. The minimum absolute atomic E-state index is 0.0527. The third-order valence-electron chi connectivity index (χ3n) is 4.87. The van der Waals surface area contributed by atoms with Gasteiger partial charge in [0, 0.05) is 50.9 Å². The predicted octanol–water partition coefficient (Wildman–Crippen LogP) is 2.12. The summed E-state index contributed by atoms with van der Waals surface area (Å²) >= 11 is 0. The molecule has 0 N–H and O–H groups in total. The van der Waals surface area contributed by atoms with Crippen LogP contribution in [0, 0.1) is 10.1 Å². The van der Waals surface area contributed by atoms with E-state index in [2.05, 4.69) is 4.90 Å². The van der Waals surface area contributed by atoms with Gasteiger partial charge in [-0.3, -0.25) is 15.0 Å². The summed E-state index contributed by atoms with van der Waals surface area (Å²) in [5.74, 6) is 0.722. The highest BCUT2D eigenvalue weighted by atomic mass is 32.2. The zero-order valence-electron chi connectivity index (χ0n) is 16.3. The topological polar surface area (TPSA) is 102 Å². The molecule has 29 heavy (non-hydrogen) atoms. The van der Waals surface area contributed by atoms with Crippen molar-refractivity contribution < 1.29 is 22.8 Å². The van der Waals surface area contributed by atoms with Crippen LogP contribution in [0.3, 0.4) is 0 Å². The number of benzene rings is 2. The number of methoxy groups -OCH3 is 2. The van der Waals surface area contributed by atoms with Gasteiger partial charge in [-0.05, 0) is 17.7 Å². The van der Waals surface area contributed by atoms with Crippen LogP contribution in [0.4, 0.5) is 5.69 Å². The minimum Gasteiger partial charge on any atom is -0.497 e. The molecule has 0 aromatic heterocycles. The predicted molar refractivity (Wildman–Crippen MR) is 107 cm³/mol. The number of ether oxygens (including phenoxy) is 2. The van der Waals surface area contributed by atoms with Gasteiger partial charge in [0.25, 0.3) is 5.69 Å². The first-order valence-electron chi connectivity index (χ1n) is 9.03. The van der Waals surface area contributed by atoms with Crippen LogP contribution < -0.4 is 9.47 Å². The van der Waals surface area contributed by atoms with Crippen LogP contribution in [0.1, 0.15) is 5.56 Å². The second-order valence-electron chi connectivity index (χ2n) is 6.62. The van der Waals surface area contributed by atoms with Crippen molar-refractivity contribution >= 4 is 15.7 Å². The van der Waals surface area contributed by atoms with Gasteiger partial charge in [0.15, 0.2) is 0 Å². The summed E-state index contributed by atoms with van der Waals surface area (Å²) in [6.07, 6.45) is 0. The Labute approximate surface area is 169 Å². The molecule has 0 amide bonds. The van der Waals surface area contributed by atoms with Gasteiger partial charge < -0.3 is 9.47 Å². The van der Waals surface area contributed by atoms with E-state index in [0.29, 0.717) is 38.5 Å². The summed E-state index contributed by atoms with van der Waals surface area (Å²) in [4.78, 5) is 12.5. The normalized spacial score (nSPS) is 15.8. The maximum absolute atomic E-state index is 13.1. The fraction of sp³-hybridized carbons (Fsp3) is 0.368. The van der Waals surface area contributed by atoms with Crippen LogP contribution in [-0.4, -0.2) is 62.9 Å². The molecule has 1 aliphatic rings. The van der Waals surface area contributed by atoms with Crippen molar-refractivity contribution in [2.75, 3.05) is 40.4 Å². The second kappa shape index (κ2) is 8.76. The Balaban J connectivity index is 1.67. The number of sulfonamides is 1. The smallest absolute Gasteiger partial charge is 0.269 e. The van der Waals surface area contributed by atoms with E-state index in [1.54, 1.807) is 24.3 Å². The van der Waals surface area contributed by atoms with Gasteiger partial charge in [-0.1, -0.05) is 12.1 Å². The number of hydrogen-bond donors (Lipinski definition) is 0. The molecule has 1 fully saturated rings. The maximum Gasteiger partial charge on any atom is 0.269 e. The Morgan fingerprint density at radius 1 is 1.00 bits per heavy atom. The van der Waals surface area contributed by atoms with Crippen molar-refractivity contribution in [2.45, 2.75) is 11.4 Å². The van der Waals surface area contributed by atoms with Gasteiger partial charge in [0.2, 0.25) is 10.0 Å². The SMILES string of the molecule is COc1ccc(OC)c(S(=O)(=O)N2CCN(Cc3ccc([N+](=O)[O-])cc3)CC2)c1. The Morgan fingerprint density at radius 3 is 2.21 bits per heavy atom. The highest BCUT2D eigenvalue weighted by Gasteiger charge is 2.31. The first kappa shape index (κ1) is 21.0. The third kappa shape index (κ3) is 4.66. The largest absolute Gasteiger partial charge is 0.497 e. The standard InChI is InChI=1S/C19H23N3O6S/c1-27-17-7-8-18(28-2)19(13-17)29(25,26)21-11-9-20(10-12-21)14-15-3-5-16(6-4-15)22(23)24/h3-8,13H,9-12,14H2,1-2H3. The maximum atomic E-state index is 13.1. The van der Waals surface area contributed by atoms with Crippen molar-refractivity contribution in [3.63, 3.8) is 0 Å². The van der Waals surface area contributed by atoms with Crippen LogP contribution in [0.5, 0.6) is 11.5 Å². The molecule has 2 aromatic carbocycles. The molecule has 2 aromatic rings. The highest BCUT2D eigenvalue weighted by Crippen LogP contribution is 2.31. The monoisotopic (exact) mass is 421 g/mol. The van der Waals surface area contributed by atoms with Crippen molar-refractivity contribution in [2.24, 2.45) is 0 Å². The van der Waals surface area contributed by atoms with Crippen molar-refractivity contribution in [3.8, 4) is 11.5 Å². The van der Waals surface area contributed by atoms with Gasteiger partial charge >= 0.3 is 0 Å². The molecule has 1 aliphatic heterocycles. The molecule has 0 aliphatic carbocycles. The first-order chi connectivity index (χ1) is 13.8. The molecule has 0 spiro atoms. The molecule has 156 valence electrons. The van der Waals surface area contributed by atoms with E-state index in [4.69, 9.17) is 9.47 Å². The number of hydrogen-bond acceptors (Lipinski definition) is 7. The fourth-order valence-corrected chi connectivity index (χ4v) is 4.83. The van der Waals surface area contributed by atoms with E-state index in [0.717, 1.165) is 5.56 Å². The molecule has 0 saturated carbocycles. The molecule has 10 heteroatoms. The van der Waals surface area contributed by atoms with E-state index < -0.39 is 14.9 Å². The zero-order valence-corrected chi connectivity index (χ0v) is 17.1. The summed E-state index contributed by atoms with van der Waals surface area (Å²) < 4.78 is 38.0. The molecule has 0 unspecified atom stereocenters. The lowest BCUT2D eigenvalue weighted by atomic mass is 10.2. The number of nitrogens with zero attached hydrogens (tertiary/aromatic N) is 3. The molecular formula is C19H23N3O6S. The average Bonchev–Trinajstić information content (AvgIpc) is 2.74. The third-order valence-corrected chi connectivity index (χ3v) is 6.79. The average molecular weight is 421 g/mol. The van der Waals surface area contributed by atoms with E-state index in [-0.39, 0.29) is 16.3 Å². The van der Waals surface area contributed by atoms with Gasteiger partial charge in [-0.15, -0.1) is 0 Å². The summed E-state index contributed by atoms with van der Waals surface area (Å²) in [5.41, 5.74) is 0.998. The fourth-order valence-electron chi connectivity index (χ4n) is 3.23. The molecule has 1 saturated heterocycles. The quantitative estimate of drug-likeness (QED) is 0.498. The van der Waals surface area contributed by atoms with E-state index in [1.165, 1.54) is 36.7 Å². The Kier molecular flexibility index (Phi) is 6.36. The van der Waals surface area contributed by atoms with Crippen LogP contribution in [0.2, 0.25) is 0 Å². The van der Waals surface area contributed by atoms with Crippen LogP contribution >= 0.6 is 0 Å². The minimum atomic E-state index is -3.72. The van der Waals surface area contributed by atoms with Crippen LogP contribution in [0.15, 0.2) is 47.4 Å². The summed E-state index contributed by atoms with van der Waals surface area (Å²) in [6, 6.07) is 11.1. The van der Waals surface area contributed by atoms with Gasteiger partial charge in [0.05, 0.1) is 19.1 Å². The molecular weight excluding hydrogens is 398 g/mol. The van der Waals surface area contributed by atoms with Crippen LogP contribution in [0.25, 0.3) is 0 Å². The Bertz CT molecular complexity index is 970. The van der Waals surface area contributed by atoms with Crippen molar-refractivity contribution in [3.05, 3.63) is 58.1 Å². The molecule has 0 atom stereocenters. The summed E-state index contributed by atoms with van der Waals surface area (Å²) in [6.45, 7) is 2.41. The van der Waals surface area contributed by atoms with E-state index >= 15 is 0 Å². The molecule has 9 nitrogen and oxygen atoms in total. The van der Waals surface area contributed by atoms with Gasteiger partial charge in [-0.2, -0.15) is 4.31 Å². The zero-order chi connectivity index (χ0) is 21.0. The molecule has 3 rings (SSSR count). The van der Waals surface area contributed by atoms with E-state index in [9.17, 15) is 18.5 Å². The highest BCUT2D eigenvalue weighted by molar-refractivity contribution is 7.89.